The average molecular weight is 332 g/mol. The van der Waals surface area contributed by atoms with Crippen LogP contribution >= 0.6 is 15.9 Å². The van der Waals surface area contributed by atoms with E-state index >= 15 is 0 Å². The van der Waals surface area contributed by atoms with Gasteiger partial charge in [0, 0.05) is 21.3 Å². The Morgan fingerprint density at radius 1 is 0.900 bits per heavy atom. The molecule has 0 unspecified atom stereocenters. The maximum absolute atomic E-state index is 14.0. The highest BCUT2D eigenvalue weighted by Gasteiger charge is 2.11. The topological polar surface area (TPSA) is 46.2 Å². The van der Waals surface area contributed by atoms with Crippen LogP contribution in [0.25, 0.3) is 21.9 Å². The van der Waals surface area contributed by atoms with Gasteiger partial charge >= 0.3 is 0 Å². The number of phenolic OH excluding ortho intramolecular Hbond substituents is 1. The monoisotopic (exact) mass is 331 g/mol. The second-order valence-electron chi connectivity index (χ2n) is 4.60. The first-order valence-corrected chi connectivity index (χ1v) is 6.81. The molecule has 0 amide bonds. The van der Waals surface area contributed by atoms with E-state index in [2.05, 4.69) is 15.9 Å². The van der Waals surface area contributed by atoms with Crippen molar-refractivity contribution >= 4 is 32.4 Å². The molecule has 0 aliphatic heterocycles. The van der Waals surface area contributed by atoms with Crippen LogP contribution in [0.3, 0.4) is 0 Å². The summed E-state index contributed by atoms with van der Waals surface area (Å²) >= 11 is 3.38. The van der Waals surface area contributed by atoms with Crippen molar-refractivity contribution in [3.8, 4) is 16.9 Å². The van der Waals surface area contributed by atoms with E-state index in [0.717, 1.165) is 15.2 Å². The van der Waals surface area contributed by atoms with Crippen LogP contribution in [-0.2, 0) is 0 Å². The molecule has 0 saturated carbocycles. The van der Waals surface area contributed by atoms with Gasteiger partial charge in [-0.3, -0.25) is 0 Å². The molecule has 2 nitrogen and oxygen atoms in total. The van der Waals surface area contributed by atoms with Crippen LogP contribution in [0, 0.1) is 5.82 Å². The Bertz CT molecular complexity index is 817. The van der Waals surface area contributed by atoms with E-state index < -0.39 is 5.82 Å². The van der Waals surface area contributed by atoms with Crippen LogP contribution < -0.4 is 5.73 Å². The zero-order valence-corrected chi connectivity index (χ0v) is 12.0. The quantitative estimate of drug-likeness (QED) is 0.635. The van der Waals surface area contributed by atoms with Crippen molar-refractivity contribution in [3.63, 3.8) is 0 Å². The van der Waals surface area contributed by atoms with Gasteiger partial charge in [-0.1, -0.05) is 22.0 Å². The largest absolute Gasteiger partial charge is 0.507 e. The summed E-state index contributed by atoms with van der Waals surface area (Å²) < 4.78 is 14.9. The second-order valence-corrected chi connectivity index (χ2v) is 5.52. The number of aromatic hydroxyl groups is 1. The van der Waals surface area contributed by atoms with Crippen molar-refractivity contribution in [1.29, 1.82) is 0 Å². The number of benzene rings is 3. The Hall–Kier alpha value is -2.07. The van der Waals surface area contributed by atoms with Gasteiger partial charge in [-0.05, 0) is 53.2 Å². The second kappa shape index (κ2) is 4.80. The molecule has 0 aliphatic rings. The fourth-order valence-electron chi connectivity index (χ4n) is 2.22. The Morgan fingerprint density at radius 3 is 2.45 bits per heavy atom. The van der Waals surface area contributed by atoms with Gasteiger partial charge in [0.25, 0.3) is 0 Å². The van der Waals surface area contributed by atoms with Crippen LogP contribution in [-0.4, -0.2) is 5.11 Å². The number of hydrogen-bond donors (Lipinski definition) is 2. The molecule has 3 rings (SSSR count). The van der Waals surface area contributed by atoms with Gasteiger partial charge in [0.2, 0.25) is 0 Å². The predicted octanol–water partition coefficient (Wildman–Crippen LogP) is 4.70. The van der Waals surface area contributed by atoms with Crippen LogP contribution in [0.1, 0.15) is 0 Å². The molecule has 0 spiro atoms. The zero-order chi connectivity index (χ0) is 14.3. The molecule has 0 saturated heterocycles. The van der Waals surface area contributed by atoms with E-state index in [1.54, 1.807) is 24.3 Å². The van der Waals surface area contributed by atoms with Crippen LogP contribution in [0.15, 0.2) is 53.0 Å². The standard InChI is InChI=1S/C16H11BrFNO/c17-11-2-1-9-6-14(16(20)7-10(9)5-11)13-4-3-12(19)8-15(13)18/h1-8,20H,19H2. The summed E-state index contributed by atoms with van der Waals surface area (Å²) in [5.41, 5.74) is 6.69. The number of fused-ring (bicyclic) bond motifs is 1. The van der Waals surface area contributed by atoms with Gasteiger partial charge in [0.15, 0.2) is 0 Å². The molecule has 20 heavy (non-hydrogen) atoms. The average Bonchev–Trinajstić information content (AvgIpc) is 2.38. The van der Waals surface area contributed by atoms with E-state index in [0.29, 0.717) is 16.8 Å². The number of nitrogen functional groups attached to an aromatic ring is 1. The highest BCUT2D eigenvalue weighted by molar-refractivity contribution is 9.10. The summed E-state index contributed by atoms with van der Waals surface area (Å²) in [6.07, 6.45) is 0. The number of halogens is 2. The Kier molecular flexibility index (Phi) is 3.10. The summed E-state index contributed by atoms with van der Waals surface area (Å²) in [6.45, 7) is 0. The summed E-state index contributed by atoms with van der Waals surface area (Å²) in [5.74, 6) is -0.406. The number of nitrogens with two attached hydrogens (primary N) is 1. The lowest BCUT2D eigenvalue weighted by atomic mass is 9.99. The fourth-order valence-corrected chi connectivity index (χ4v) is 2.60. The molecule has 0 heterocycles. The molecular formula is C16H11BrFNO. The third-order valence-electron chi connectivity index (χ3n) is 3.20. The molecule has 3 N–H and O–H groups in total. The molecular weight excluding hydrogens is 321 g/mol. The fraction of sp³-hybridized carbons (Fsp3) is 0. The van der Waals surface area contributed by atoms with E-state index in [-0.39, 0.29) is 5.75 Å². The number of phenols is 1. The van der Waals surface area contributed by atoms with E-state index in [1.807, 2.05) is 18.2 Å². The van der Waals surface area contributed by atoms with Crippen molar-refractivity contribution < 1.29 is 9.50 Å². The lowest BCUT2D eigenvalue weighted by Crippen LogP contribution is -1.90. The predicted molar refractivity (Wildman–Crippen MR) is 83.1 cm³/mol. The first-order chi connectivity index (χ1) is 9.54. The summed E-state index contributed by atoms with van der Waals surface area (Å²) in [6, 6.07) is 13.6. The van der Waals surface area contributed by atoms with Crippen molar-refractivity contribution in [2.24, 2.45) is 0 Å². The minimum Gasteiger partial charge on any atom is -0.507 e. The van der Waals surface area contributed by atoms with E-state index in [1.165, 1.54) is 6.07 Å². The van der Waals surface area contributed by atoms with Crippen LogP contribution in [0.2, 0.25) is 0 Å². The molecule has 4 heteroatoms. The first-order valence-electron chi connectivity index (χ1n) is 6.02. The molecule has 100 valence electrons. The first kappa shape index (κ1) is 12.9. The van der Waals surface area contributed by atoms with Gasteiger partial charge in [0.1, 0.15) is 11.6 Å². The Balaban J connectivity index is 2.25. The summed E-state index contributed by atoms with van der Waals surface area (Å²) in [7, 11) is 0. The third kappa shape index (κ3) is 2.23. The van der Waals surface area contributed by atoms with Crippen LogP contribution in [0.5, 0.6) is 5.75 Å². The number of rotatable bonds is 1. The van der Waals surface area contributed by atoms with Gasteiger partial charge < -0.3 is 10.8 Å². The minimum absolute atomic E-state index is 0.0410. The maximum Gasteiger partial charge on any atom is 0.133 e. The summed E-state index contributed by atoms with van der Waals surface area (Å²) in [5, 5.41) is 11.9. The minimum atomic E-state index is -0.447. The molecule has 0 aliphatic carbocycles. The number of hydrogen-bond acceptors (Lipinski definition) is 2. The van der Waals surface area contributed by atoms with Crippen molar-refractivity contribution in [1.82, 2.24) is 0 Å². The zero-order valence-electron chi connectivity index (χ0n) is 10.4. The van der Waals surface area contributed by atoms with Crippen molar-refractivity contribution in [2.45, 2.75) is 0 Å². The van der Waals surface area contributed by atoms with E-state index in [9.17, 15) is 9.50 Å². The normalized spacial score (nSPS) is 10.9. The lowest BCUT2D eigenvalue weighted by Gasteiger charge is -2.09. The Labute approximate surface area is 123 Å². The molecule has 3 aromatic rings. The maximum atomic E-state index is 14.0. The molecule has 0 radical (unpaired) electrons. The van der Waals surface area contributed by atoms with Gasteiger partial charge in [0.05, 0.1) is 0 Å². The highest BCUT2D eigenvalue weighted by atomic mass is 79.9. The van der Waals surface area contributed by atoms with Gasteiger partial charge in [-0.2, -0.15) is 0 Å². The smallest absolute Gasteiger partial charge is 0.133 e. The van der Waals surface area contributed by atoms with Crippen molar-refractivity contribution in [2.75, 3.05) is 5.73 Å². The molecule has 0 bridgehead atoms. The molecule has 3 aromatic carbocycles. The summed E-state index contributed by atoms with van der Waals surface area (Å²) in [4.78, 5) is 0. The van der Waals surface area contributed by atoms with Crippen molar-refractivity contribution in [3.05, 3.63) is 58.8 Å². The molecule has 0 aromatic heterocycles. The van der Waals surface area contributed by atoms with E-state index in [4.69, 9.17) is 5.73 Å². The Morgan fingerprint density at radius 2 is 1.70 bits per heavy atom. The van der Waals surface area contributed by atoms with Gasteiger partial charge in [-0.15, -0.1) is 0 Å². The molecule has 0 atom stereocenters. The lowest BCUT2D eigenvalue weighted by molar-refractivity contribution is 0.477. The van der Waals surface area contributed by atoms with Gasteiger partial charge in [-0.25, -0.2) is 4.39 Å². The highest BCUT2D eigenvalue weighted by Crippen LogP contribution is 2.36. The SMILES string of the molecule is Nc1ccc(-c2cc3ccc(Br)cc3cc2O)c(F)c1. The van der Waals surface area contributed by atoms with Crippen LogP contribution in [0.4, 0.5) is 10.1 Å². The number of anilines is 1. The molecule has 0 fully saturated rings. The third-order valence-corrected chi connectivity index (χ3v) is 3.69.